The smallest absolute Gasteiger partial charge is 0.0645 e. The van der Waals surface area contributed by atoms with Gasteiger partial charge in [0.25, 0.3) is 0 Å². The topological polar surface area (TPSA) is 12.0 Å². The normalized spacial score (nSPS) is 26.1. The van der Waals surface area contributed by atoms with Crippen molar-refractivity contribution in [1.82, 2.24) is 0 Å². The van der Waals surface area contributed by atoms with Crippen molar-refractivity contribution in [2.24, 2.45) is 5.92 Å². The Hall–Kier alpha value is -1.44. The number of anilines is 1. The van der Waals surface area contributed by atoms with E-state index >= 15 is 0 Å². The van der Waals surface area contributed by atoms with Gasteiger partial charge in [0.1, 0.15) is 0 Å². The van der Waals surface area contributed by atoms with Gasteiger partial charge in [0.2, 0.25) is 0 Å². The summed E-state index contributed by atoms with van der Waals surface area (Å²) in [4.78, 5) is 0. The van der Waals surface area contributed by atoms with E-state index in [0.717, 1.165) is 12.0 Å². The van der Waals surface area contributed by atoms with Crippen molar-refractivity contribution in [1.29, 1.82) is 0 Å². The van der Waals surface area contributed by atoms with E-state index in [1.165, 1.54) is 11.3 Å². The number of fused-ring (bicyclic) bond motifs is 3. The number of allylic oxidation sites excluding steroid dienone is 2. The van der Waals surface area contributed by atoms with Crippen LogP contribution in [0, 0.1) is 5.92 Å². The van der Waals surface area contributed by atoms with E-state index in [4.69, 9.17) is 23.2 Å². The molecule has 0 bridgehead atoms. The monoisotopic (exact) mass is 315 g/mol. The van der Waals surface area contributed by atoms with Gasteiger partial charge in [-0.3, -0.25) is 0 Å². The molecule has 0 amide bonds. The molecule has 0 spiro atoms. The Labute approximate surface area is 134 Å². The lowest BCUT2D eigenvalue weighted by Crippen LogP contribution is -2.29. The van der Waals surface area contributed by atoms with Crippen molar-refractivity contribution in [2.75, 3.05) is 5.32 Å². The Balaban J connectivity index is 1.83. The van der Waals surface area contributed by atoms with Crippen LogP contribution in [-0.4, -0.2) is 0 Å². The third-order valence-corrected chi connectivity index (χ3v) is 5.42. The van der Waals surface area contributed by atoms with Crippen LogP contribution < -0.4 is 5.32 Å². The van der Waals surface area contributed by atoms with Crippen molar-refractivity contribution in [3.8, 4) is 0 Å². The second kappa shape index (κ2) is 5.08. The van der Waals surface area contributed by atoms with Crippen molar-refractivity contribution >= 4 is 28.9 Å². The first-order valence-corrected chi connectivity index (χ1v) is 7.97. The molecule has 0 radical (unpaired) electrons. The van der Waals surface area contributed by atoms with Gasteiger partial charge in [-0.15, -0.1) is 0 Å². The molecule has 2 aliphatic rings. The van der Waals surface area contributed by atoms with E-state index in [1.54, 1.807) is 0 Å². The summed E-state index contributed by atoms with van der Waals surface area (Å²) >= 11 is 12.7. The molecule has 0 saturated heterocycles. The minimum atomic E-state index is 0.200. The highest BCUT2D eigenvalue weighted by Crippen LogP contribution is 2.51. The minimum Gasteiger partial charge on any atom is -0.378 e. The van der Waals surface area contributed by atoms with E-state index in [-0.39, 0.29) is 6.04 Å². The van der Waals surface area contributed by atoms with E-state index in [1.807, 2.05) is 12.1 Å². The van der Waals surface area contributed by atoms with Crippen LogP contribution >= 0.6 is 23.2 Å². The van der Waals surface area contributed by atoms with Crippen LogP contribution in [0.4, 0.5) is 5.69 Å². The lowest BCUT2D eigenvalue weighted by molar-refractivity contribution is 0.426. The molecule has 0 fully saturated rings. The van der Waals surface area contributed by atoms with Gasteiger partial charge in [-0.1, -0.05) is 65.7 Å². The maximum Gasteiger partial charge on any atom is 0.0645 e. The molecule has 0 aromatic heterocycles. The van der Waals surface area contributed by atoms with Gasteiger partial charge in [0, 0.05) is 11.6 Å². The number of para-hydroxylation sites is 1. The number of rotatable bonds is 1. The van der Waals surface area contributed by atoms with E-state index in [2.05, 4.69) is 47.8 Å². The van der Waals surface area contributed by atoms with Crippen LogP contribution in [0.3, 0.4) is 0 Å². The van der Waals surface area contributed by atoms with Gasteiger partial charge < -0.3 is 5.32 Å². The van der Waals surface area contributed by atoms with Crippen molar-refractivity contribution in [3.63, 3.8) is 0 Å². The third kappa shape index (κ3) is 2.07. The van der Waals surface area contributed by atoms with Crippen LogP contribution in [0.1, 0.15) is 29.5 Å². The molecule has 1 nitrogen and oxygen atoms in total. The quantitative estimate of drug-likeness (QED) is 0.654. The molecule has 2 aromatic rings. The third-order valence-electron chi connectivity index (χ3n) is 4.59. The van der Waals surface area contributed by atoms with Gasteiger partial charge in [0.05, 0.1) is 16.1 Å². The number of halogens is 2. The largest absolute Gasteiger partial charge is 0.378 e. The molecule has 1 heterocycles. The molecule has 21 heavy (non-hydrogen) atoms. The zero-order valence-electron chi connectivity index (χ0n) is 11.4. The Morgan fingerprint density at radius 1 is 0.952 bits per heavy atom. The maximum atomic E-state index is 6.45. The van der Waals surface area contributed by atoms with Crippen LogP contribution in [0.25, 0.3) is 0 Å². The van der Waals surface area contributed by atoms with Crippen molar-refractivity contribution < 1.29 is 0 Å². The van der Waals surface area contributed by atoms with Crippen LogP contribution in [0.2, 0.25) is 10.0 Å². The second-order valence-corrected chi connectivity index (χ2v) is 6.49. The Bertz CT molecular complexity index is 723. The molecule has 1 aliphatic heterocycles. The van der Waals surface area contributed by atoms with Crippen molar-refractivity contribution in [2.45, 2.75) is 18.4 Å². The highest BCUT2D eigenvalue weighted by Gasteiger charge is 2.38. The summed E-state index contributed by atoms with van der Waals surface area (Å²) in [6, 6.07) is 14.6. The van der Waals surface area contributed by atoms with Crippen LogP contribution in [0.5, 0.6) is 0 Å². The summed E-state index contributed by atoms with van der Waals surface area (Å²) < 4.78 is 0. The molecule has 3 atom stereocenters. The van der Waals surface area contributed by atoms with Gasteiger partial charge in [-0.05, 0) is 35.6 Å². The molecule has 0 unspecified atom stereocenters. The highest BCUT2D eigenvalue weighted by molar-refractivity contribution is 6.42. The van der Waals surface area contributed by atoms with E-state index in [9.17, 15) is 0 Å². The molecule has 1 aliphatic carbocycles. The second-order valence-electron chi connectivity index (χ2n) is 5.71. The van der Waals surface area contributed by atoms with Crippen LogP contribution in [0.15, 0.2) is 54.6 Å². The van der Waals surface area contributed by atoms with Gasteiger partial charge in [-0.25, -0.2) is 0 Å². The average molecular weight is 316 g/mol. The number of hydrogen-bond donors (Lipinski definition) is 1. The summed E-state index contributed by atoms with van der Waals surface area (Å²) in [6.07, 6.45) is 5.68. The zero-order valence-corrected chi connectivity index (χ0v) is 12.9. The molecular weight excluding hydrogens is 301 g/mol. The predicted octanol–water partition coefficient (Wildman–Crippen LogP) is 5.82. The lowest BCUT2D eigenvalue weighted by Gasteiger charge is -2.37. The SMILES string of the molecule is Clc1cccc([C@@H]2Nc3ccccc3[C@@H]3C=CC[C@@H]32)c1Cl. The Kier molecular flexibility index (Phi) is 3.20. The number of nitrogens with one attached hydrogen (secondary N) is 1. The summed E-state index contributed by atoms with van der Waals surface area (Å²) in [5.41, 5.74) is 3.68. The standard InChI is InChI=1S/C18H15Cl2N/c19-15-9-4-8-14(17(15)20)18-13-7-3-6-11(13)12-5-1-2-10-16(12)21-18/h1-6,8-11,13,18,21H,7H2/t11-,13-,18+/m0/s1. The fraction of sp³-hybridized carbons (Fsp3) is 0.222. The van der Waals surface area contributed by atoms with Crippen molar-refractivity contribution in [3.05, 3.63) is 75.8 Å². The van der Waals surface area contributed by atoms with E-state index in [0.29, 0.717) is 21.9 Å². The molecular formula is C18H15Cl2N. The molecule has 4 rings (SSSR count). The minimum absolute atomic E-state index is 0.200. The average Bonchev–Trinajstić information content (AvgIpc) is 2.99. The highest BCUT2D eigenvalue weighted by atomic mass is 35.5. The molecule has 106 valence electrons. The number of benzene rings is 2. The van der Waals surface area contributed by atoms with Gasteiger partial charge in [-0.2, -0.15) is 0 Å². The molecule has 0 saturated carbocycles. The first-order valence-electron chi connectivity index (χ1n) is 7.22. The lowest BCUT2D eigenvalue weighted by atomic mass is 9.77. The Morgan fingerprint density at radius 3 is 2.67 bits per heavy atom. The summed E-state index contributed by atoms with van der Waals surface area (Å²) in [5.74, 6) is 0.957. The zero-order chi connectivity index (χ0) is 14.4. The molecule has 1 N–H and O–H groups in total. The fourth-order valence-corrected chi connectivity index (χ4v) is 4.04. The molecule has 2 aromatic carbocycles. The Morgan fingerprint density at radius 2 is 1.76 bits per heavy atom. The maximum absolute atomic E-state index is 6.45. The van der Waals surface area contributed by atoms with Gasteiger partial charge in [0.15, 0.2) is 0 Å². The van der Waals surface area contributed by atoms with Crippen LogP contribution in [-0.2, 0) is 0 Å². The molecule has 3 heteroatoms. The first-order chi connectivity index (χ1) is 10.3. The van der Waals surface area contributed by atoms with Gasteiger partial charge >= 0.3 is 0 Å². The summed E-state index contributed by atoms with van der Waals surface area (Å²) in [7, 11) is 0. The summed E-state index contributed by atoms with van der Waals surface area (Å²) in [5, 5.41) is 4.96. The summed E-state index contributed by atoms with van der Waals surface area (Å²) in [6.45, 7) is 0. The predicted molar refractivity (Wildman–Crippen MR) is 89.3 cm³/mol. The fourth-order valence-electron chi connectivity index (χ4n) is 3.61. The first kappa shape index (κ1) is 13.2. The number of hydrogen-bond acceptors (Lipinski definition) is 1. The van der Waals surface area contributed by atoms with E-state index < -0.39 is 0 Å².